The van der Waals surface area contributed by atoms with Gasteiger partial charge in [-0.1, -0.05) is 11.6 Å². The molecule has 42 heavy (non-hydrogen) atoms. The van der Waals surface area contributed by atoms with Crippen LogP contribution >= 0.6 is 11.6 Å². The zero-order valence-corrected chi connectivity index (χ0v) is 24.2. The van der Waals surface area contributed by atoms with E-state index in [1.807, 2.05) is 0 Å². The Labute approximate surface area is 246 Å². The normalized spacial score (nSPS) is 23.1. The van der Waals surface area contributed by atoms with Gasteiger partial charge in [-0.25, -0.2) is 18.6 Å². The summed E-state index contributed by atoms with van der Waals surface area (Å²) in [6.07, 6.45) is -0.237. The lowest BCUT2D eigenvalue weighted by molar-refractivity contribution is -0.137. The van der Waals surface area contributed by atoms with Crippen molar-refractivity contribution >= 4 is 29.3 Å². The van der Waals surface area contributed by atoms with Crippen molar-refractivity contribution in [3.05, 3.63) is 63.9 Å². The van der Waals surface area contributed by atoms with E-state index in [1.165, 1.54) is 30.0 Å². The van der Waals surface area contributed by atoms with Gasteiger partial charge in [0, 0.05) is 28.6 Å². The number of hydrogen-bond donors (Lipinski definition) is 3. The van der Waals surface area contributed by atoms with Crippen molar-refractivity contribution in [2.45, 2.75) is 77.2 Å². The van der Waals surface area contributed by atoms with Crippen molar-refractivity contribution in [3.63, 3.8) is 0 Å². The summed E-state index contributed by atoms with van der Waals surface area (Å²) < 4.78 is 49.9. The van der Waals surface area contributed by atoms with Crippen molar-refractivity contribution in [1.82, 2.24) is 21.1 Å². The van der Waals surface area contributed by atoms with Gasteiger partial charge in [-0.15, -0.1) is 0 Å². The van der Waals surface area contributed by atoms with E-state index in [9.17, 15) is 32.8 Å². The number of nitrogens with one attached hydrogen (secondary N) is 3. The molecule has 2 saturated heterocycles. The Morgan fingerprint density at radius 1 is 1.17 bits per heavy atom. The lowest BCUT2D eigenvalue weighted by atomic mass is 9.84. The average molecular weight is 606 g/mol. The molecule has 0 aromatic heterocycles. The number of hydrogen-bond acceptors (Lipinski definition) is 6. The van der Waals surface area contributed by atoms with Gasteiger partial charge in [0.05, 0.1) is 23.6 Å². The van der Waals surface area contributed by atoms with Crippen LogP contribution in [-0.2, 0) is 9.59 Å². The molecule has 0 saturated carbocycles. The van der Waals surface area contributed by atoms with E-state index in [0.717, 1.165) is 12.1 Å². The van der Waals surface area contributed by atoms with Crippen molar-refractivity contribution < 1.29 is 32.3 Å². The molecule has 13 heteroatoms. The summed E-state index contributed by atoms with van der Waals surface area (Å²) in [5.41, 5.74) is 3.80. The van der Waals surface area contributed by atoms with Gasteiger partial charge in [-0.3, -0.25) is 19.8 Å². The van der Waals surface area contributed by atoms with Gasteiger partial charge in [-0.05, 0) is 70.9 Å². The predicted octanol–water partition coefficient (Wildman–Crippen LogP) is 4.32. The molecule has 2 aromatic rings. The van der Waals surface area contributed by atoms with Gasteiger partial charge in [-0.2, -0.15) is 5.26 Å². The highest BCUT2D eigenvalue weighted by atomic mass is 35.5. The van der Waals surface area contributed by atoms with Crippen molar-refractivity contribution in [3.8, 4) is 11.8 Å². The average Bonchev–Trinajstić information content (AvgIpc) is 3.39. The number of nitrogens with zero attached hydrogens (tertiary/aromatic N) is 2. The van der Waals surface area contributed by atoms with E-state index in [0.29, 0.717) is 12.8 Å². The molecule has 2 aliphatic rings. The van der Waals surface area contributed by atoms with Crippen LogP contribution in [0.25, 0.3) is 0 Å². The van der Waals surface area contributed by atoms with E-state index < -0.39 is 76.1 Å². The highest BCUT2D eigenvalue weighted by Crippen LogP contribution is 2.44. The Balaban J connectivity index is 1.55. The number of halogens is 4. The third-order valence-corrected chi connectivity index (χ3v) is 7.85. The molecule has 2 aliphatic heterocycles. The Kier molecular flexibility index (Phi) is 9.03. The largest absolute Gasteiger partial charge is 0.474 e. The molecule has 0 radical (unpaired) electrons. The molecule has 2 heterocycles. The first-order valence-electron chi connectivity index (χ1n) is 13.4. The fourth-order valence-corrected chi connectivity index (χ4v) is 5.53. The van der Waals surface area contributed by atoms with Crippen LogP contribution < -0.4 is 20.9 Å². The standard InChI is InChI=1S/C29H31ClF3N5O4/c1-14-9-23(27(40)37-36-14)42-25-20(32)10-16(11-21(25)33)26(39)35-15(2)28(41)38-22(7-8-24(38)29(3,4)13-34)18-12-17(30)5-6-19(18)31/h5-6,10-12,14-15,22-24,36H,7-9H2,1-4H3,(H,35,39)(H,37,40)/t14?,15-,22+,23?,24-/m1/s1. The second-order valence-corrected chi connectivity index (χ2v) is 11.6. The quantitative estimate of drug-likeness (QED) is 0.432. The maximum atomic E-state index is 14.9. The topological polar surface area (TPSA) is 124 Å². The third kappa shape index (κ3) is 6.32. The number of rotatable bonds is 7. The fourth-order valence-electron chi connectivity index (χ4n) is 5.35. The maximum Gasteiger partial charge on any atom is 0.275 e. The highest BCUT2D eigenvalue weighted by molar-refractivity contribution is 6.30. The summed E-state index contributed by atoms with van der Waals surface area (Å²) in [4.78, 5) is 40.2. The summed E-state index contributed by atoms with van der Waals surface area (Å²) in [5, 5.41) is 12.5. The van der Waals surface area contributed by atoms with Crippen LogP contribution in [-0.4, -0.2) is 46.9 Å². The van der Waals surface area contributed by atoms with Crippen LogP contribution in [0.15, 0.2) is 30.3 Å². The maximum absolute atomic E-state index is 14.9. The molecule has 2 fully saturated rings. The zero-order chi connectivity index (χ0) is 30.9. The molecule has 2 unspecified atom stereocenters. The van der Waals surface area contributed by atoms with Crippen LogP contribution in [0.3, 0.4) is 0 Å². The minimum atomic E-state index is -1.21. The summed E-state index contributed by atoms with van der Waals surface area (Å²) >= 11 is 6.11. The molecule has 0 aliphatic carbocycles. The van der Waals surface area contributed by atoms with E-state index in [1.54, 1.807) is 20.8 Å². The van der Waals surface area contributed by atoms with Crippen LogP contribution in [0, 0.1) is 34.2 Å². The smallest absolute Gasteiger partial charge is 0.275 e. The summed E-state index contributed by atoms with van der Waals surface area (Å²) in [5.74, 6) is -5.94. The summed E-state index contributed by atoms with van der Waals surface area (Å²) in [6.45, 7) is 6.47. The number of ether oxygens (including phenoxy) is 1. The Hall–Kier alpha value is -3.82. The first-order valence-corrected chi connectivity index (χ1v) is 13.8. The van der Waals surface area contributed by atoms with Crippen LogP contribution in [0.5, 0.6) is 5.75 Å². The van der Waals surface area contributed by atoms with Crippen LogP contribution in [0.4, 0.5) is 13.2 Å². The lowest BCUT2D eigenvalue weighted by Gasteiger charge is -2.38. The number of carbonyl (C=O) groups is 3. The van der Waals surface area contributed by atoms with E-state index in [-0.39, 0.29) is 23.0 Å². The SMILES string of the molecule is CC1CC(Oc2c(F)cc(C(=O)N[C@H](C)C(=O)N3[C@H](c4cc(Cl)ccc4F)CC[C@@H]3C(C)(C)C#N)cc2F)C(=O)NN1. The van der Waals surface area contributed by atoms with Gasteiger partial charge in [0.25, 0.3) is 11.8 Å². The summed E-state index contributed by atoms with van der Waals surface area (Å²) in [6, 6.07) is 4.92. The van der Waals surface area contributed by atoms with Crippen LogP contribution in [0.2, 0.25) is 5.02 Å². The molecule has 5 atom stereocenters. The Bertz CT molecular complexity index is 1430. The third-order valence-electron chi connectivity index (χ3n) is 7.62. The number of benzene rings is 2. The molecule has 3 amide bonds. The number of carbonyl (C=O) groups excluding carboxylic acids is 3. The number of hydrazine groups is 1. The van der Waals surface area contributed by atoms with Crippen molar-refractivity contribution in [2.75, 3.05) is 0 Å². The second kappa shape index (κ2) is 12.2. The van der Waals surface area contributed by atoms with Gasteiger partial charge in [0.15, 0.2) is 23.5 Å². The van der Waals surface area contributed by atoms with Crippen molar-refractivity contribution in [2.24, 2.45) is 5.41 Å². The first-order chi connectivity index (χ1) is 19.7. The molecule has 0 bridgehead atoms. The highest BCUT2D eigenvalue weighted by Gasteiger charge is 2.47. The molecule has 3 N–H and O–H groups in total. The predicted molar refractivity (Wildman–Crippen MR) is 146 cm³/mol. The number of nitriles is 1. The van der Waals surface area contributed by atoms with E-state index in [4.69, 9.17) is 16.3 Å². The van der Waals surface area contributed by atoms with E-state index in [2.05, 4.69) is 22.2 Å². The monoisotopic (exact) mass is 605 g/mol. The van der Waals surface area contributed by atoms with E-state index >= 15 is 0 Å². The minimum absolute atomic E-state index is 0.159. The zero-order valence-electron chi connectivity index (χ0n) is 23.4. The van der Waals surface area contributed by atoms with Gasteiger partial charge >= 0.3 is 0 Å². The Morgan fingerprint density at radius 2 is 1.83 bits per heavy atom. The molecular formula is C29H31ClF3N5O4. The molecule has 4 rings (SSSR count). The molecular weight excluding hydrogens is 575 g/mol. The fraction of sp³-hybridized carbons (Fsp3) is 0.448. The molecule has 2 aromatic carbocycles. The van der Waals surface area contributed by atoms with Crippen LogP contribution in [0.1, 0.15) is 68.9 Å². The summed E-state index contributed by atoms with van der Waals surface area (Å²) in [7, 11) is 0. The molecule has 9 nitrogen and oxygen atoms in total. The minimum Gasteiger partial charge on any atom is -0.474 e. The van der Waals surface area contributed by atoms with Gasteiger partial charge < -0.3 is 15.0 Å². The van der Waals surface area contributed by atoms with Gasteiger partial charge in [0.2, 0.25) is 5.91 Å². The second-order valence-electron chi connectivity index (χ2n) is 11.2. The number of amides is 3. The lowest BCUT2D eigenvalue weighted by Crippen LogP contribution is -2.56. The number of likely N-dealkylation sites (tertiary alicyclic amines) is 1. The van der Waals surface area contributed by atoms with Gasteiger partial charge in [0.1, 0.15) is 11.9 Å². The Morgan fingerprint density at radius 3 is 2.48 bits per heavy atom. The van der Waals surface area contributed by atoms with Crippen molar-refractivity contribution in [1.29, 1.82) is 5.26 Å². The molecule has 0 spiro atoms. The molecule has 224 valence electrons. The first kappa shape index (κ1) is 31.1.